The van der Waals surface area contributed by atoms with Gasteiger partial charge in [0, 0.05) is 28.5 Å². The second-order valence-corrected chi connectivity index (χ2v) is 6.26. The monoisotopic (exact) mass is 429 g/mol. The van der Waals surface area contributed by atoms with Crippen LogP contribution in [0.2, 0.25) is 0 Å². The smallest absolute Gasteiger partial charge is 0.376 e. The maximum absolute atomic E-state index is 13.2. The molecule has 5 nitrogen and oxygen atoms in total. The first-order valence-corrected chi connectivity index (χ1v) is 8.22. The Hall–Kier alpha value is -2.55. The molecule has 26 heavy (non-hydrogen) atoms. The number of anilines is 3. The van der Waals surface area contributed by atoms with E-state index in [1.165, 1.54) is 19.1 Å². The third-order valence-electron chi connectivity index (χ3n) is 3.21. The zero-order chi connectivity index (χ0) is 19.3. The Kier molecular flexibility index (Phi) is 6.25. The standard InChI is InChI=1S/C17H15BrF3N3O2/c1-10(25)23-13-6-7-15(14(8-13)17(19,20)21)22-9-16(26)24-12-4-2-11(18)3-5-12/h2-8,22H,9H2,1H3,(H,23,25)(H,24,26). The summed E-state index contributed by atoms with van der Waals surface area (Å²) in [5.41, 5.74) is -0.676. The highest BCUT2D eigenvalue weighted by atomic mass is 79.9. The molecule has 0 saturated carbocycles. The van der Waals surface area contributed by atoms with Gasteiger partial charge in [0.15, 0.2) is 0 Å². The van der Waals surface area contributed by atoms with Crippen molar-refractivity contribution in [2.45, 2.75) is 13.1 Å². The van der Waals surface area contributed by atoms with Crippen LogP contribution < -0.4 is 16.0 Å². The minimum Gasteiger partial charge on any atom is -0.376 e. The molecule has 0 spiro atoms. The van der Waals surface area contributed by atoms with Crippen molar-refractivity contribution in [2.75, 3.05) is 22.5 Å². The first kappa shape index (κ1) is 19.8. The number of carbonyl (C=O) groups is 2. The van der Waals surface area contributed by atoms with Crippen LogP contribution in [-0.2, 0) is 15.8 Å². The Labute approximate surface area is 156 Å². The van der Waals surface area contributed by atoms with Crippen molar-refractivity contribution in [3.8, 4) is 0 Å². The fourth-order valence-corrected chi connectivity index (χ4v) is 2.39. The molecule has 2 aromatic rings. The number of rotatable bonds is 5. The maximum Gasteiger partial charge on any atom is 0.418 e. The third kappa shape index (κ3) is 5.76. The first-order valence-electron chi connectivity index (χ1n) is 7.43. The Morgan fingerprint density at radius 1 is 1.00 bits per heavy atom. The molecule has 0 aliphatic heterocycles. The molecule has 0 aromatic heterocycles. The number of benzene rings is 2. The van der Waals surface area contributed by atoms with Crippen LogP contribution in [0.3, 0.4) is 0 Å². The van der Waals surface area contributed by atoms with E-state index in [1.54, 1.807) is 24.3 Å². The topological polar surface area (TPSA) is 70.2 Å². The summed E-state index contributed by atoms with van der Waals surface area (Å²) < 4.78 is 40.5. The van der Waals surface area contributed by atoms with Crippen molar-refractivity contribution < 1.29 is 22.8 Å². The predicted molar refractivity (Wildman–Crippen MR) is 97.0 cm³/mol. The number of hydrogen-bond acceptors (Lipinski definition) is 3. The summed E-state index contributed by atoms with van der Waals surface area (Å²) in [6.07, 6.45) is -4.64. The molecule has 0 bridgehead atoms. The molecular formula is C17H15BrF3N3O2. The highest BCUT2D eigenvalue weighted by Gasteiger charge is 2.34. The van der Waals surface area contributed by atoms with Gasteiger partial charge in [-0.05, 0) is 42.5 Å². The molecule has 0 radical (unpaired) electrons. The summed E-state index contributed by atoms with van der Waals surface area (Å²) in [5, 5.41) is 7.35. The number of carbonyl (C=O) groups excluding carboxylic acids is 2. The van der Waals surface area contributed by atoms with E-state index in [4.69, 9.17) is 0 Å². The summed E-state index contributed by atoms with van der Waals surface area (Å²) >= 11 is 3.26. The van der Waals surface area contributed by atoms with E-state index >= 15 is 0 Å². The van der Waals surface area contributed by atoms with Gasteiger partial charge >= 0.3 is 6.18 Å². The largest absolute Gasteiger partial charge is 0.418 e. The number of hydrogen-bond donors (Lipinski definition) is 3. The average molecular weight is 430 g/mol. The molecule has 0 heterocycles. The summed E-state index contributed by atoms with van der Waals surface area (Å²) in [5.74, 6) is -0.973. The number of nitrogens with one attached hydrogen (secondary N) is 3. The highest BCUT2D eigenvalue weighted by Crippen LogP contribution is 2.36. The number of halogens is 4. The SMILES string of the molecule is CC(=O)Nc1ccc(NCC(=O)Nc2ccc(Br)cc2)c(C(F)(F)F)c1. The molecule has 138 valence electrons. The van der Waals surface area contributed by atoms with Crippen molar-refractivity contribution >= 4 is 44.8 Å². The van der Waals surface area contributed by atoms with E-state index < -0.39 is 23.6 Å². The average Bonchev–Trinajstić information content (AvgIpc) is 2.54. The normalized spacial score (nSPS) is 11.0. The predicted octanol–water partition coefficient (Wildman–Crippen LogP) is 4.48. The van der Waals surface area contributed by atoms with Gasteiger partial charge in [-0.1, -0.05) is 15.9 Å². The molecule has 2 amide bonds. The van der Waals surface area contributed by atoms with Crippen LogP contribution >= 0.6 is 15.9 Å². The molecule has 2 aromatic carbocycles. The molecule has 0 aliphatic carbocycles. The van der Waals surface area contributed by atoms with Gasteiger partial charge in [0.2, 0.25) is 11.8 Å². The fourth-order valence-electron chi connectivity index (χ4n) is 2.13. The van der Waals surface area contributed by atoms with Gasteiger partial charge in [-0.2, -0.15) is 13.2 Å². The molecule has 0 aliphatic rings. The molecule has 0 atom stereocenters. The zero-order valence-corrected chi connectivity index (χ0v) is 15.2. The van der Waals surface area contributed by atoms with Crippen LogP contribution in [0.5, 0.6) is 0 Å². The van der Waals surface area contributed by atoms with Gasteiger partial charge < -0.3 is 16.0 Å². The van der Waals surface area contributed by atoms with Crippen LogP contribution in [0, 0.1) is 0 Å². The van der Waals surface area contributed by atoms with Gasteiger partial charge in [0.1, 0.15) is 0 Å². The number of alkyl halides is 3. The summed E-state index contributed by atoms with van der Waals surface area (Å²) in [7, 11) is 0. The van der Waals surface area contributed by atoms with Crippen LogP contribution in [0.4, 0.5) is 30.2 Å². The molecule has 0 saturated heterocycles. The Morgan fingerprint density at radius 3 is 2.19 bits per heavy atom. The lowest BCUT2D eigenvalue weighted by Crippen LogP contribution is -2.23. The van der Waals surface area contributed by atoms with Gasteiger partial charge in [0.25, 0.3) is 0 Å². The Bertz CT molecular complexity index is 808. The van der Waals surface area contributed by atoms with Crippen molar-refractivity contribution in [1.82, 2.24) is 0 Å². The molecule has 3 N–H and O–H groups in total. The second-order valence-electron chi connectivity index (χ2n) is 5.35. The molecule has 0 unspecified atom stereocenters. The van der Waals surface area contributed by atoms with E-state index in [1.807, 2.05) is 0 Å². The van der Waals surface area contributed by atoms with Crippen LogP contribution in [0.15, 0.2) is 46.9 Å². The molecular weight excluding hydrogens is 415 g/mol. The van der Waals surface area contributed by atoms with Crippen molar-refractivity contribution in [1.29, 1.82) is 0 Å². The van der Waals surface area contributed by atoms with E-state index in [-0.39, 0.29) is 17.9 Å². The van der Waals surface area contributed by atoms with E-state index in [0.717, 1.165) is 10.5 Å². The summed E-state index contributed by atoms with van der Waals surface area (Å²) in [6, 6.07) is 10.1. The van der Waals surface area contributed by atoms with Crippen LogP contribution in [-0.4, -0.2) is 18.4 Å². The van der Waals surface area contributed by atoms with E-state index in [0.29, 0.717) is 5.69 Å². The van der Waals surface area contributed by atoms with E-state index in [2.05, 4.69) is 31.9 Å². The lowest BCUT2D eigenvalue weighted by molar-refractivity contribution is -0.137. The lowest BCUT2D eigenvalue weighted by Gasteiger charge is -2.16. The van der Waals surface area contributed by atoms with Gasteiger partial charge in [-0.3, -0.25) is 9.59 Å². The van der Waals surface area contributed by atoms with Gasteiger partial charge in [-0.15, -0.1) is 0 Å². The van der Waals surface area contributed by atoms with Crippen LogP contribution in [0.1, 0.15) is 12.5 Å². The van der Waals surface area contributed by atoms with Crippen molar-refractivity contribution in [3.05, 3.63) is 52.5 Å². The lowest BCUT2D eigenvalue weighted by atomic mass is 10.1. The summed E-state index contributed by atoms with van der Waals surface area (Å²) in [6.45, 7) is 0.852. The zero-order valence-electron chi connectivity index (χ0n) is 13.6. The fraction of sp³-hybridized carbons (Fsp3) is 0.176. The number of amides is 2. The maximum atomic E-state index is 13.2. The molecule has 9 heteroatoms. The van der Waals surface area contributed by atoms with Gasteiger partial charge in [0.05, 0.1) is 12.1 Å². The minimum absolute atomic E-state index is 0.0229. The second kappa shape index (κ2) is 8.22. The summed E-state index contributed by atoms with van der Waals surface area (Å²) in [4.78, 5) is 22.9. The first-order chi connectivity index (χ1) is 12.1. The van der Waals surface area contributed by atoms with Crippen molar-refractivity contribution in [3.63, 3.8) is 0 Å². The Balaban J connectivity index is 2.09. The van der Waals surface area contributed by atoms with Crippen molar-refractivity contribution in [2.24, 2.45) is 0 Å². The quantitative estimate of drug-likeness (QED) is 0.656. The van der Waals surface area contributed by atoms with E-state index in [9.17, 15) is 22.8 Å². The minimum atomic E-state index is -4.64. The molecule has 0 fully saturated rings. The highest BCUT2D eigenvalue weighted by molar-refractivity contribution is 9.10. The molecule has 2 rings (SSSR count). The Morgan fingerprint density at radius 2 is 1.62 bits per heavy atom. The van der Waals surface area contributed by atoms with Crippen LogP contribution in [0.25, 0.3) is 0 Å². The van der Waals surface area contributed by atoms with Gasteiger partial charge in [-0.25, -0.2) is 0 Å². The third-order valence-corrected chi connectivity index (χ3v) is 3.74.